The molecule has 0 radical (unpaired) electrons. The molecule has 0 spiro atoms. The van der Waals surface area contributed by atoms with Gasteiger partial charge in [0.15, 0.2) is 0 Å². The summed E-state index contributed by atoms with van der Waals surface area (Å²) in [4.78, 5) is 22.2. The van der Waals surface area contributed by atoms with E-state index < -0.39 is 12.1 Å². The molecule has 0 unspecified atom stereocenters. The van der Waals surface area contributed by atoms with E-state index in [1.807, 2.05) is 0 Å². The highest BCUT2D eigenvalue weighted by Crippen LogP contribution is 2.01. The second-order valence-corrected chi connectivity index (χ2v) is 2.61. The van der Waals surface area contributed by atoms with E-state index in [0.717, 1.165) is 0 Å². The van der Waals surface area contributed by atoms with Crippen LogP contribution < -0.4 is 5.32 Å². The maximum atomic E-state index is 11.3. The Morgan fingerprint density at radius 3 is 2.20 bits per heavy atom. The van der Waals surface area contributed by atoms with Gasteiger partial charge in [0.25, 0.3) is 0 Å². The second-order valence-electron chi connectivity index (χ2n) is 2.61. The van der Waals surface area contributed by atoms with Gasteiger partial charge in [-0.2, -0.15) is 0 Å². The first-order chi connectivity index (χ1) is 7.15. The summed E-state index contributed by atoms with van der Waals surface area (Å²) in [5.74, 6) is -0.420. The molecule has 1 N–H and O–H groups in total. The number of rotatable bonds is 5. The second kappa shape index (κ2) is 7.84. The zero-order valence-corrected chi connectivity index (χ0v) is 9.33. The number of nitrogens with one attached hydrogen (secondary N) is 1. The van der Waals surface area contributed by atoms with Crippen LogP contribution >= 0.6 is 0 Å². The molecule has 0 aromatic rings. The molecule has 5 heteroatoms. The van der Waals surface area contributed by atoms with E-state index in [1.165, 1.54) is 6.20 Å². The molecular formula is C10H17NO4. The van der Waals surface area contributed by atoms with Crippen molar-refractivity contribution < 1.29 is 19.1 Å². The topological polar surface area (TPSA) is 64.6 Å². The maximum absolute atomic E-state index is 11.3. The normalized spacial score (nSPS) is 10.7. The van der Waals surface area contributed by atoms with Crippen molar-refractivity contribution in [1.29, 1.82) is 0 Å². The zero-order valence-electron chi connectivity index (χ0n) is 9.33. The molecule has 0 aromatic heterocycles. The van der Waals surface area contributed by atoms with Crippen LogP contribution in [0.25, 0.3) is 0 Å². The Morgan fingerprint density at radius 1 is 1.13 bits per heavy atom. The minimum Gasteiger partial charge on any atom is -0.463 e. The van der Waals surface area contributed by atoms with Crippen LogP contribution in [0.1, 0.15) is 27.2 Å². The summed E-state index contributed by atoms with van der Waals surface area (Å²) in [5, 5.41) is 2.35. The van der Waals surface area contributed by atoms with E-state index in [9.17, 15) is 9.59 Å². The van der Waals surface area contributed by atoms with Gasteiger partial charge in [-0.1, -0.05) is 6.92 Å². The monoisotopic (exact) mass is 215 g/mol. The van der Waals surface area contributed by atoms with Gasteiger partial charge in [-0.3, -0.25) is 5.32 Å². The van der Waals surface area contributed by atoms with Crippen LogP contribution in [-0.2, 0) is 14.3 Å². The van der Waals surface area contributed by atoms with Crippen LogP contribution in [-0.4, -0.2) is 25.3 Å². The quantitative estimate of drug-likeness (QED) is 0.558. The average Bonchev–Trinajstić information content (AvgIpc) is 2.19. The lowest BCUT2D eigenvalue weighted by Gasteiger charge is -2.05. The summed E-state index contributed by atoms with van der Waals surface area (Å²) in [6.45, 7) is 5.84. The highest BCUT2D eigenvalue weighted by Gasteiger charge is 2.08. The van der Waals surface area contributed by atoms with Gasteiger partial charge in [0.05, 0.1) is 18.8 Å². The Morgan fingerprint density at radius 2 is 1.73 bits per heavy atom. The third-order valence-electron chi connectivity index (χ3n) is 1.56. The molecule has 0 saturated heterocycles. The highest BCUT2D eigenvalue weighted by molar-refractivity contribution is 5.88. The number of esters is 1. The van der Waals surface area contributed by atoms with Crippen molar-refractivity contribution in [2.24, 2.45) is 0 Å². The van der Waals surface area contributed by atoms with Crippen LogP contribution in [0.15, 0.2) is 11.8 Å². The number of carbonyl (C=O) groups is 2. The minimum atomic E-state index is -0.576. The van der Waals surface area contributed by atoms with Gasteiger partial charge in [0, 0.05) is 6.20 Å². The predicted molar refractivity (Wildman–Crippen MR) is 55.2 cm³/mol. The van der Waals surface area contributed by atoms with Gasteiger partial charge in [0.1, 0.15) is 0 Å². The lowest BCUT2D eigenvalue weighted by molar-refractivity contribution is -0.138. The fourth-order valence-corrected chi connectivity index (χ4v) is 0.848. The van der Waals surface area contributed by atoms with Crippen molar-refractivity contribution in [2.75, 3.05) is 13.2 Å². The number of ether oxygens (including phenoxy) is 2. The molecule has 0 saturated carbocycles. The van der Waals surface area contributed by atoms with E-state index in [4.69, 9.17) is 4.74 Å². The maximum Gasteiger partial charge on any atom is 0.411 e. The Balaban J connectivity index is 4.21. The summed E-state index contributed by atoms with van der Waals surface area (Å²) >= 11 is 0. The first kappa shape index (κ1) is 13.5. The first-order valence-corrected chi connectivity index (χ1v) is 4.95. The van der Waals surface area contributed by atoms with E-state index in [0.29, 0.717) is 25.2 Å². The van der Waals surface area contributed by atoms with Crippen molar-refractivity contribution in [3.05, 3.63) is 11.8 Å². The van der Waals surface area contributed by atoms with Crippen molar-refractivity contribution in [2.45, 2.75) is 27.2 Å². The van der Waals surface area contributed by atoms with Crippen molar-refractivity contribution >= 4 is 12.1 Å². The van der Waals surface area contributed by atoms with Gasteiger partial charge in [-0.05, 0) is 20.3 Å². The Kier molecular flexibility index (Phi) is 7.05. The molecule has 0 aliphatic heterocycles. The molecule has 0 rings (SSSR count). The van der Waals surface area contributed by atoms with Crippen LogP contribution in [0.3, 0.4) is 0 Å². The lowest BCUT2D eigenvalue weighted by atomic mass is 10.2. The van der Waals surface area contributed by atoms with Gasteiger partial charge >= 0.3 is 12.1 Å². The van der Waals surface area contributed by atoms with E-state index in [1.54, 1.807) is 20.8 Å². The average molecular weight is 215 g/mol. The molecule has 0 aliphatic rings. The minimum absolute atomic E-state index is 0.292. The van der Waals surface area contributed by atoms with Gasteiger partial charge in [-0.15, -0.1) is 0 Å². The number of alkyl carbamates (subject to hydrolysis) is 1. The van der Waals surface area contributed by atoms with Crippen molar-refractivity contribution in [3.63, 3.8) is 0 Å². The van der Waals surface area contributed by atoms with E-state index in [2.05, 4.69) is 10.1 Å². The molecule has 0 heterocycles. The Hall–Kier alpha value is -1.52. The molecule has 0 bridgehead atoms. The molecule has 0 atom stereocenters. The predicted octanol–water partition coefficient (Wildman–Crippen LogP) is 1.59. The van der Waals surface area contributed by atoms with Gasteiger partial charge < -0.3 is 9.47 Å². The largest absolute Gasteiger partial charge is 0.463 e. The van der Waals surface area contributed by atoms with Crippen molar-refractivity contribution in [1.82, 2.24) is 5.32 Å². The molecule has 0 aromatic carbocycles. The molecule has 0 aliphatic carbocycles. The standard InChI is InChI=1S/C10H17NO4/c1-4-8(9(12)14-5-2)7-11-10(13)15-6-3/h7H,4-6H2,1-3H3,(H,11,13). The van der Waals surface area contributed by atoms with Crippen LogP contribution in [0.5, 0.6) is 0 Å². The Labute approximate surface area is 89.4 Å². The van der Waals surface area contributed by atoms with Crippen LogP contribution in [0, 0.1) is 0 Å². The number of carbonyl (C=O) groups excluding carboxylic acids is 2. The first-order valence-electron chi connectivity index (χ1n) is 4.95. The van der Waals surface area contributed by atoms with Gasteiger partial charge in [0.2, 0.25) is 0 Å². The summed E-state index contributed by atoms with van der Waals surface area (Å²) in [7, 11) is 0. The number of amides is 1. The molecule has 15 heavy (non-hydrogen) atoms. The molecule has 5 nitrogen and oxygen atoms in total. The van der Waals surface area contributed by atoms with Crippen molar-refractivity contribution in [3.8, 4) is 0 Å². The molecule has 1 amide bonds. The van der Waals surface area contributed by atoms with Gasteiger partial charge in [-0.25, -0.2) is 9.59 Å². The summed E-state index contributed by atoms with van der Waals surface area (Å²) in [5.41, 5.74) is 0.407. The summed E-state index contributed by atoms with van der Waals surface area (Å²) in [6, 6.07) is 0. The third-order valence-corrected chi connectivity index (χ3v) is 1.56. The highest BCUT2D eigenvalue weighted by atomic mass is 16.5. The van der Waals surface area contributed by atoms with E-state index in [-0.39, 0.29) is 0 Å². The van der Waals surface area contributed by atoms with E-state index >= 15 is 0 Å². The smallest absolute Gasteiger partial charge is 0.411 e. The molecule has 86 valence electrons. The zero-order chi connectivity index (χ0) is 11.7. The van der Waals surface area contributed by atoms with Crippen LogP contribution in [0.4, 0.5) is 4.79 Å². The van der Waals surface area contributed by atoms with Crippen LogP contribution in [0.2, 0.25) is 0 Å². The molecular weight excluding hydrogens is 198 g/mol. The molecule has 0 fully saturated rings. The fourth-order valence-electron chi connectivity index (χ4n) is 0.848. The Bertz CT molecular complexity index is 248. The number of hydrogen-bond donors (Lipinski definition) is 1. The summed E-state index contributed by atoms with van der Waals surface area (Å²) < 4.78 is 9.42. The SMILES string of the molecule is CCOC(=O)NC=C(CC)C(=O)OCC. The summed E-state index contributed by atoms with van der Waals surface area (Å²) in [6.07, 6.45) is 1.23. The fraction of sp³-hybridized carbons (Fsp3) is 0.600. The number of hydrogen-bond acceptors (Lipinski definition) is 4. The third kappa shape index (κ3) is 5.72. The lowest BCUT2D eigenvalue weighted by Crippen LogP contribution is -2.20.